The van der Waals surface area contributed by atoms with Crippen molar-refractivity contribution in [3.05, 3.63) is 47.8 Å². The quantitative estimate of drug-likeness (QED) is 0.450. The molecule has 3 fully saturated rings. The third-order valence-corrected chi connectivity index (χ3v) is 8.22. The van der Waals surface area contributed by atoms with Gasteiger partial charge in [-0.15, -0.1) is 0 Å². The van der Waals surface area contributed by atoms with Crippen molar-refractivity contribution >= 4 is 22.8 Å². The summed E-state index contributed by atoms with van der Waals surface area (Å²) in [4.78, 5) is 26.0. The van der Waals surface area contributed by atoms with Crippen molar-refractivity contribution in [2.45, 2.75) is 57.7 Å². The summed E-state index contributed by atoms with van der Waals surface area (Å²) in [5.74, 6) is 2.40. The Kier molecular flexibility index (Phi) is 7.47. The normalized spacial score (nSPS) is 20.9. The van der Waals surface area contributed by atoms with Crippen LogP contribution in [0.4, 0.5) is 5.82 Å². The zero-order valence-corrected chi connectivity index (χ0v) is 21.9. The Balaban J connectivity index is 1.10. The minimum absolute atomic E-state index is 0.162. The molecule has 4 heterocycles. The topological polar surface area (TPSA) is 93.0 Å². The number of carboxylic acids is 1. The summed E-state index contributed by atoms with van der Waals surface area (Å²) in [5.41, 5.74) is 1.98. The van der Waals surface area contributed by atoms with Gasteiger partial charge in [0.2, 0.25) is 5.88 Å². The average Bonchev–Trinajstić information content (AvgIpc) is 3.26. The van der Waals surface area contributed by atoms with Crippen LogP contribution in [-0.2, 0) is 17.8 Å². The first-order valence-corrected chi connectivity index (χ1v) is 14.0. The van der Waals surface area contributed by atoms with Crippen molar-refractivity contribution < 1.29 is 19.4 Å². The molecule has 6 rings (SSSR count). The summed E-state index contributed by atoms with van der Waals surface area (Å²) in [6, 6.07) is 11.3. The van der Waals surface area contributed by atoms with Crippen LogP contribution in [0.5, 0.6) is 5.88 Å². The number of aromatic carboxylic acids is 1. The van der Waals surface area contributed by atoms with Crippen LogP contribution in [0.25, 0.3) is 11.0 Å². The zero-order chi connectivity index (χ0) is 25.9. The molecule has 9 heteroatoms. The van der Waals surface area contributed by atoms with Gasteiger partial charge in [-0.2, -0.15) is 4.98 Å². The second-order valence-electron chi connectivity index (χ2n) is 10.8. The number of carboxylic acid groups (broad SMARTS) is 1. The summed E-state index contributed by atoms with van der Waals surface area (Å²) >= 11 is 0. The predicted molar refractivity (Wildman–Crippen MR) is 145 cm³/mol. The first-order chi connectivity index (χ1) is 18.6. The molecule has 1 atom stereocenters. The molecule has 1 unspecified atom stereocenters. The molecule has 3 aliphatic rings. The zero-order valence-electron chi connectivity index (χ0n) is 21.9. The van der Waals surface area contributed by atoms with Crippen LogP contribution in [0.1, 0.15) is 54.7 Å². The van der Waals surface area contributed by atoms with Gasteiger partial charge in [0.05, 0.1) is 42.4 Å². The van der Waals surface area contributed by atoms with E-state index in [0.717, 1.165) is 80.9 Å². The fraction of sp³-hybridized carbons (Fsp3) is 0.552. The van der Waals surface area contributed by atoms with Gasteiger partial charge in [0.15, 0.2) is 0 Å². The third-order valence-electron chi connectivity index (χ3n) is 8.22. The number of anilines is 1. The van der Waals surface area contributed by atoms with Gasteiger partial charge in [0.1, 0.15) is 11.6 Å². The lowest BCUT2D eigenvalue weighted by Gasteiger charge is -2.35. The molecule has 1 aliphatic carbocycles. The summed E-state index contributed by atoms with van der Waals surface area (Å²) in [7, 11) is 0. The van der Waals surface area contributed by atoms with Gasteiger partial charge in [0.25, 0.3) is 0 Å². The van der Waals surface area contributed by atoms with Gasteiger partial charge in [-0.3, -0.25) is 4.90 Å². The second kappa shape index (κ2) is 11.3. The molecule has 9 nitrogen and oxygen atoms in total. The van der Waals surface area contributed by atoms with Crippen molar-refractivity contribution in [3.63, 3.8) is 0 Å². The third kappa shape index (κ3) is 5.63. The number of aromatic nitrogens is 3. The molecular formula is C29H37N5O4. The van der Waals surface area contributed by atoms with Crippen LogP contribution < -0.4 is 9.64 Å². The lowest BCUT2D eigenvalue weighted by atomic mass is 9.90. The maximum Gasteiger partial charge on any atom is 0.335 e. The van der Waals surface area contributed by atoms with Gasteiger partial charge < -0.3 is 24.0 Å². The second-order valence-corrected chi connectivity index (χ2v) is 10.8. The SMILES string of the molecule is O=C(O)c1ccc2nc(CN3CCN(c4cccc(OCC5CCCCC5)n4)CC3)n(CC3CCO3)c2c1. The van der Waals surface area contributed by atoms with E-state index < -0.39 is 5.97 Å². The monoisotopic (exact) mass is 519 g/mol. The summed E-state index contributed by atoms with van der Waals surface area (Å²) in [6.07, 6.45) is 7.71. The molecule has 2 aliphatic heterocycles. The van der Waals surface area contributed by atoms with E-state index in [9.17, 15) is 9.90 Å². The fourth-order valence-corrected chi connectivity index (χ4v) is 5.81. The van der Waals surface area contributed by atoms with E-state index in [1.807, 2.05) is 18.2 Å². The number of imidazole rings is 1. The molecule has 1 aromatic carbocycles. The molecule has 0 bridgehead atoms. The van der Waals surface area contributed by atoms with Crippen molar-refractivity contribution in [2.24, 2.45) is 5.92 Å². The van der Waals surface area contributed by atoms with Crippen LogP contribution in [0.2, 0.25) is 0 Å². The minimum Gasteiger partial charge on any atom is -0.478 e. The van der Waals surface area contributed by atoms with Gasteiger partial charge in [0, 0.05) is 38.9 Å². The molecule has 3 aromatic rings. The molecular weight excluding hydrogens is 482 g/mol. The van der Waals surface area contributed by atoms with Crippen molar-refractivity contribution in [1.82, 2.24) is 19.4 Å². The van der Waals surface area contributed by atoms with Crippen molar-refractivity contribution in [1.29, 1.82) is 0 Å². The Bertz CT molecular complexity index is 1260. The van der Waals surface area contributed by atoms with E-state index >= 15 is 0 Å². The summed E-state index contributed by atoms with van der Waals surface area (Å²) < 4.78 is 13.9. The summed E-state index contributed by atoms with van der Waals surface area (Å²) in [6.45, 7) is 6.54. The highest BCUT2D eigenvalue weighted by molar-refractivity contribution is 5.92. The molecule has 0 amide bonds. The Morgan fingerprint density at radius 1 is 1.03 bits per heavy atom. The molecule has 2 saturated heterocycles. The number of hydrogen-bond donors (Lipinski definition) is 1. The number of ether oxygens (including phenoxy) is 2. The largest absolute Gasteiger partial charge is 0.478 e. The molecule has 38 heavy (non-hydrogen) atoms. The Morgan fingerprint density at radius 2 is 1.84 bits per heavy atom. The number of pyridine rings is 1. The number of benzene rings is 1. The van der Waals surface area contributed by atoms with Gasteiger partial charge in [-0.05, 0) is 49.4 Å². The maximum absolute atomic E-state index is 11.6. The molecule has 202 valence electrons. The van der Waals surface area contributed by atoms with Gasteiger partial charge in [-0.25, -0.2) is 9.78 Å². The van der Waals surface area contributed by atoms with Gasteiger partial charge >= 0.3 is 5.97 Å². The molecule has 2 aromatic heterocycles. The Labute approximate surface area is 223 Å². The highest BCUT2D eigenvalue weighted by Gasteiger charge is 2.25. The van der Waals surface area contributed by atoms with E-state index in [0.29, 0.717) is 12.5 Å². The smallest absolute Gasteiger partial charge is 0.335 e. The maximum atomic E-state index is 11.6. The number of rotatable bonds is 9. The highest BCUT2D eigenvalue weighted by Crippen LogP contribution is 2.26. The molecule has 1 saturated carbocycles. The lowest BCUT2D eigenvalue weighted by Crippen LogP contribution is -2.46. The van der Waals surface area contributed by atoms with Crippen LogP contribution in [0, 0.1) is 5.92 Å². The van der Waals surface area contributed by atoms with Gasteiger partial charge in [-0.1, -0.05) is 25.3 Å². The standard InChI is InChI=1S/C29H37N5O4/c35-29(36)22-9-10-24-25(17-22)34(18-23-11-16-37-23)27(30-24)19-32-12-14-33(15-13-32)26-7-4-8-28(31-26)38-20-21-5-2-1-3-6-21/h4,7-10,17,21,23H,1-3,5-6,11-16,18-20H2,(H,35,36). The highest BCUT2D eigenvalue weighted by atomic mass is 16.5. The Hall–Kier alpha value is -3.17. The molecule has 1 N–H and O–H groups in total. The lowest BCUT2D eigenvalue weighted by molar-refractivity contribution is -0.0592. The molecule has 0 spiro atoms. The number of piperazine rings is 1. The predicted octanol–water partition coefficient (Wildman–Crippen LogP) is 4.20. The summed E-state index contributed by atoms with van der Waals surface area (Å²) in [5, 5.41) is 9.49. The van der Waals surface area contributed by atoms with Crippen molar-refractivity contribution in [2.75, 3.05) is 44.3 Å². The first-order valence-electron chi connectivity index (χ1n) is 14.0. The minimum atomic E-state index is -0.922. The van der Waals surface area contributed by atoms with E-state index in [2.05, 4.69) is 20.4 Å². The van der Waals surface area contributed by atoms with Crippen LogP contribution in [0.15, 0.2) is 36.4 Å². The van der Waals surface area contributed by atoms with E-state index in [1.54, 1.807) is 12.1 Å². The number of fused-ring (bicyclic) bond motifs is 1. The van der Waals surface area contributed by atoms with E-state index in [4.69, 9.17) is 19.4 Å². The van der Waals surface area contributed by atoms with Crippen molar-refractivity contribution in [3.8, 4) is 5.88 Å². The van der Waals surface area contributed by atoms with Crippen LogP contribution in [-0.4, -0.2) is 76.0 Å². The first kappa shape index (κ1) is 25.1. The number of hydrogen-bond acceptors (Lipinski definition) is 7. The molecule has 0 radical (unpaired) electrons. The Morgan fingerprint density at radius 3 is 2.58 bits per heavy atom. The fourth-order valence-electron chi connectivity index (χ4n) is 5.81. The average molecular weight is 520 g/mol. The van der Waals surface area contributed by atoms with Crippen LogP contribution >= 0.6 is 0 Å². The van der Waals surface area contributed by atoms with E-state index in [1.165, 1.54) is 32.1 Å². The number of nitrogens with zero attached hydrogens (tertiary/aromatic N) is 5. The van der Waals surface area contributed by atoms with E-state index in [-0.39, 0.29) is 11.7 Å². The van der Waals surface area contributed by atoms with Crippen LogP contribution in [0.3, 0.4) is 0 Å². The number of carbonyl (C=O) groups is 1.